The second-order valence-corrected chi connectivity index (χ2v) is 5.48. The number of nitrogens with one attached hydrogen (secondary N) is 1. The predicted octanol–water partition coefficient (Wildman–Crippen LogP) is 1.88. The number of carbonyl (C=O) groups is 1. The molecule has 1 aromatic rings. The minimum atomic E-state index is 0.134. The van der Waals surface area contributed by atoms with Gasteiger partial charge >= 0.3 is 0 Å². The highest BCUT2D eigenvalue weighted by molar-refractivity contribution is 5.81. The largest absolute Gasteiger partial charge is 0.350 e. The van der Waals surface area contributed by atoms with Gasteiger partial charge in [-0.15, -0.1) is 0 Å². The number of nitrogens with zero attached hydrogens (tertiary/aromatic N) is 3. The molecule has 0 saturated carbocycles. The molecule has 0 spiro atoms. The number of carbonyl (C=O) groups excluding carboxylic acids is 1. The van der Waals surface area contributed by atoms with Crippen molar-refractivity contribution in [3.8, 4) is 0 Å². The second-order valence-electron chi connectivity index (χ2n) is 5.48. The summed E-state index contributed by atoms with van der Waals surface area (Å²) in [4.78, 5) is 20.2. The third-order valence-corrected chi connectivity index (χ3v) is 3.40. The van der Waals surface area contributed by atoms with E-state index in [9.17, 15) is 4.79 Å². The minimum absolute atomic E-state index is 0.134. The minimum Gasteiger partial charge on any atom is -0.350 e. The Labute approximate surface area is 128 Å². The van der Waals surface area contributed by atoms with Crippen LogP contribution in [0.4, 0.5) is 5.82 Å². The summed E-state index contributed by atoms with van der Waals surface area (Å²) in [5.41, 5.74) is 1.15. The van der Waals surface area contributed by atoms with Gasteiger partial charge in [-0.2, -0.15) is 0 Å². The van der Waals surface area contributed by atoms with Crippen molar-refractivity contribution in [2.45, 2.75) is 40.3 Å². The Balaban J connectivity index is 2.58. The van der Waals surface area contributed by atoms with Crippen LogP contribution in [0, 0.1) is 0 Å². The van der Waals surface area contributed by atoms with Gasteiger partial charge < -0.3 is 15.1 Å². The smallest absolute Gasteiger partial charge is 0.242 e. The highest BCUT2D eigenvalue weighted by atomic mass is 16.2. The maximum Gasteiger partial charge on any atom is 0.242 e. The van der Waals surface area contributed by atoms with Gasteiger partial charge in [0.15, 0.2) is 0 Å². The quantitative estimate of drug-likeness (QED) is 0.795. The van der Waals surface area contributed by atoms with Gasteiger partial charge in [-0.05, 0) is 25.5 Å². The van der Waals surface area contributed by atoms with Crippen LogP contribution in [0.25, 0.3) is 0 Å². The molecule has 1 amide bonds. The fourth-order valence-electron chi connectivity index (χ4n) is 2.03. The molecule has 0 aliphatic heterocycles. The van der Waals surface area contributed by atoms with E-state index in [4.69, 9.17) is 0 Å². The fraction of sp³-hybridized carbons (Fsp3) is 0.625. The van der Waals surface area contributed by atoms with Crippen LogP contribution in [0.15, 0.2) is 18.3 Å². The van der Waals surface area contributed by atoms with E-state index in [0.29, 0.717) is 12.6 Å². The van der Waals surface area contributed by atoms with E-state index in [-0.39, 0.29) is 5.91 Å². The first kappa shape index (κ1) is 17.4. The van der Waals surface area contributed by atoms with Crippen LogP contribution in [-0.4, -0.2) is 48.5 Å². The normalized spacial score (nSPS) is 10.8. The van der Waals surface area contributed by atoms with E-state index in [2.05, 4.69) is 30.2 Å². The lowest BCUT2D eigenvalue weighted by molar-refractivity contribution is -0.129. The molecular weight excluding hydrogens is 264 g/mol. The molecule has 1 N–H and O–H groups in total. The molecule has 1 heterocycles. The number of amides is 1. The van der Waals surface area contributed by atoms with E-state index in [1.165, 1.54) is 0 Å². The topological polar surface area (TPSA) is 48.5 Å². The first-order valence-electron chi connectivity index (χ1n) is 7.65. The number of anilines is 1. The highest BCUT2D eigenvalue weighted by Gasteiger charge is 2.13. The summed E-state index contributed by atoms with van der Waals surface area (Å²) in [6, 6.07) is 4.47. The molecule has 0 atom stereocenters. The van der Waals surface area contributed by atoms with Crippen LogP contribution in [0.3, 0.4) is 0 Å². The van der Waals surface area contributed by atoms with E-state index < -0.39 is 0 Å². The van der Waals surface area contributed by atoms with Crippen LogP contribution >= 0.6 is 0 Å². The lowest BCUT2D eigenvalue weighted by atomic mass is 10.2. The average molecular weight is 292 g/mol. The summed E-state index contributed by atoms with van der Waals surface area (Å²) in [6.07, 6.45) is 1.86. The molecule has 0 saturated heterocycles. The zero-order chi connectivity index (χ0) is 15.8. The van der Waals surface area contributed by atoms with Gasteiger partial charge in [0.2, 0.25) is 5.91 Å². The molecule has 0 aliphatic rings. The molecule has 0 bridgehead atoms. The van der Waals surface area contributed by atoms with E-state index >= 15 is 0 Å². The number of hydrogen-bond donors (Lipinski definition) is 1. The molecule has 118 valence electrons. The van der Waals surface area contributed by atoms with Crippen LogP contribution < -0.4 is 10.2 Å². The Morgan fingerprint density at radius 1 is 1.29 bits per heavy atom. The second kappa shape index (κ2) is 8.62. The zero-order valence-corrected chi connectivity index (χ0v) is 13.9. The molecule has 1 aromatic heterocycles. The Morgan fingerprint density at radius 3 is 2.43 bits per heavy atom. The van der Waals surface area contributed by atoms with Gasteiger partial charge in [0.25, 0.3) is 0 Å². The van der Waals surface area contributed by atoms with E-state index in [1.54, 1.807) is 0 Å². The van der Waals surface area contributed by atoms with Gasteiger partial charge in [-0.25, -0.2) is 4.98 Å². The van der Waals surface area contributed by atoms with Crippen LogP contribution in [-0.2, 0) is 11.3 Å². The summed E-state index contributed by atoms with van der Waals surface area (Å²) >= 11 is 0. The maximum absolute atomic E-state index is 12.1. The third-order valence-electron chi connectivity index (χ3n) is 3.40. The maximum atomic E-state index is 12.1. The SMILES string of the molecule is CCN(CC)C(=O)CN(C)c1ccc(CNC(C)C)cn1. The third kappa shape index (κ3) is 5.71. The Bertz CT molecular complexity index is 426. The molecule has 5 nitrogen and oxygen atoms in total. The Hall–Kier alpha value is -1.62. The van der Waals surface area contributed by atoms with Crippen molar-refractivity contribution in [2.75, 3.05) is 31.6 Å². The molecular formula is C16H28N4O. The Morgan fingerprint density at radius 2 is 1.95 bits per heavy atom. The van der Waals surface area contributed by atoms with Gasteiger partial charge in [-0.3, -0.25) is 4.79 Å². The molecule has 0 aliphatic carbocycles. The monoisotopic (exact) mass is 292 g/mol. The zero-order valence-electron chi connectivity index (χ0n) is 13.9. The molecule has 0 unspecified atom stereocenters. The summed E-state index contributed by atoms with van der Waals surface area (Å²) in [5, 5.41) is 3.36. The summed E-state index contributed by atoms with van der Waals surface area (Å²) in [7, 11) is 1.90. The van der Waals surface area contributed by atoms with E-state index in [1.807, 2.05) is 43.0 Å². The summed E-state index contributed by atoms with van der Waals surface area (Å²) < 4.78 is 0. The standard InChI is InChI=1S/C16H28N4O/c1-6-20(7-2)16(21)12-19(5)15-9-8-14(11-18-15)10-17-13(3)4/h8-9,11,13,17H,6-7,10,12H2,1-5H3. The van der Waals surface area contributed by atoms with E-state index in [0.717, 1.165) is 31.0 Å². The van der Waals surface area contributed by atoms with Crippen molar-refractivity contribution in [3.63, 3.8) is 0 Å². The highest BCUT2D eigenvalue weighted by Crippen LogP contribution is 2.10. The molecule has 0 radical (unpaired) electrons. The van der Waals surface area contributed by atoms with Crippen LogP contribution in [0.1, 0.15) is 33.3 Å². The van der Waals surface area contributed by atoms with Crippen molar-refractivity contribution in [2.24, 2.45) is 0 Å². The van der Waals surface area contributed by atoms with Gasteiger partial charge in [0.05, 0.1) is 6.54 Å². The van der Waals surface area contributed by atoms with Crippen molar-refractivity contribution < 1.29 is 4.79 Å². The summed E-state index contributed by atoms with van der Waals surface area (Å²) in [5.74, 6) is 0.957. The number of pyridine rings is 1. The van der Waals surface area contributed by atoms with Crippen molar-refractivity contribution in [1.29, 1.82) is 0 Å². The lowest BCUT2D eigenvalue weighted by Crippen LogP contribution is -2.39. The average Bonchev–Trinajstić information content (AvgIpc) is 2.46. The molecule has 0 fully saturated rings. The van der Waals surface area contributed by atoms with Gasteiger partial charge in [-0.1, -0.05) is 19.9 Å². The van der Waals surface area contributed by atoms with Gasteiger partial charge in [0.1, 0.15) is 5.82 Å². The van der Waals surface area contributed by atoms with Crippen molar-refractivity contribution in [3.05, 3.63) is 23.9 Å². The van der Waals surface area contributed by atoms with Crippen LogP contribution in [0.5, 0.6) is 0 Å². The number of likely N-dealkylation sites (N-methyl/N-ethyl adjacent to an activating group) is 2. The number of hydrogen-bond acceptors (Lipinski definition) is 4. The predicted molar refractivity (Wildman–Crippen MR) is 87.4 cm³/mol. The van der Waals surface area contributed by atoms with Crippen molar-refractivity contribution >= 4 is 11.7 Å². The first-order valence-corrected chi connectivity index (χ1v) is 7.65. The molecule has 21 heavy (non-hydrogen) atoms. The fourth-order valence-corrected chi connectivity index (χ4v) is 2.03. The molecule has 5 heteroatoms. The van der Waals surface area contributed by atoms with Crippen molar-refractivity contribution in [1.82, 2.24) is 15.2 Å². The summed E-state index contributed by atoms with van der Waals surface area (Å²) in [6.45, 7) is 10.9. The number of aromatic nitrogens is 1. The first-order chi connectivity index (χ1) is 9.97. The van der Waals surface area contributed by atoms with Gasteiger partial charge in [0, 0.05) is 38.9 Å². The Kier molecular flexibility index (Phi) is 7.15. The van der Waals surface area contributed by atoms with Crippen LogP contribution in [0.2, 0.25) is 0 Å². The lowest BCUT2D eigenvalue weighted by Gasteiger charge is -2.23. The molecule has 1 rings (SSSR count). The number of rotatable bonds is 8. The molecule has 0 aromatic carbocycles.